The molecule has 3 atom stereocenters. The fraction of sp³-hybridized carbons (Fsp3) is 0.636. The van der Waals surface area contributed by atoms with Crippen molar-refractivity contribution in [2.45, 2.75) is 37.6 Å². The number of methoxy groups -OCH3 is 1. The van der Waals surface area contributed by atoms with Crippen molar-refractivity contribution in [3.63, 3.8) is 0 Å². The minimum atomic E-state index is -1.38. The maximum atomic E-state index is 10.5. The lowest BCUT2D eigenvalue weighted by Gasteiger charge is -2.24. The minimum Gasteiger partial charge on any atom is -0.450 e. The van der Waals surface area contributed by atoms with Crippen LogP contribution in [0.1, 0.15) is 19.3 Å². The Bertz CT molecular complexity index is 325. The summed E-state index contributed by atoms with van der Waals surface area (Å²) in [6, 6.07) is 0. The first-order valence-electron chi connectivity index (χ1n) is 5.51. The quantitative estimate of drug-likeness (QED) is 0.589. The van der Waals surface area contributed by atoms with Gasteiger partial charge in [0.05, 0.1) is 6.10 Å². The molecule has 0 saturated heterocycles. The highest BCUT2D eigenvalue weighted by Gasteiger charge is 2.23. The Hall–Kier alpha value is -1.76. The van der Waals surface area contributed by atoms with Gasteiger partial charge >= 0.3 is 12.3 Å². The number of hydrogen-bond donors (Lipinski definition) is 2. The number of ether oxygens (including phenoxy) is 3. The summed E-state index contributed by atoms with van der Waals surface area (Å²) in [6.07, 6.45) is 0.247. The molecule has 102 valence electrons. The van der Waals surface area contributed by atoms with Crippen LogP contribution in [0.2, 0.25) is 0 Å². The van der Waals surface area contributed by atoms with E-state index in [1.807, 2.05) is 0 Å². The third-order valence-electron chi connectivity index (χ3n) is 2.65. The van der Waals surface area contributed by atoms with E-state index in [2.05, 4.69) is 9.47 Å². The second-order valence-corrected chi connectivity index (χ2v) is 3.90. The molecule has 7 nitrogen and oxygen atoms in total. The lowest BCUT2D eigenvalue weighted by atomic mass is 9.99. The molecule has 3 unspecified atom stereocenters. The van der Waals surface area contributed by atoms with Crippen molar-refractivity contribution in [1.29, 1.82) is 0 Å². The molecule has 0 saturated carbocycles. The average Bonchev–Trinajstić information content (AvgIpc) is 2.26. The molecule has 0 aliphatic heterocycles. The largest absolute Gasteiger partial charge is 0.506 e. The van der Waals surface area contributed by atoms with Crippen LogP contribution >= 0.6 is 0 Å². The van der Waals surface area contributed by atoms with Gasteiger partial charge < -0.3 is 24.4 Å². The molecule has 1 rings (SSSR count). The van der Waals surface area contributed by atoms with Crippen molar-refractivity contribution in [2.75, 3.05) is 7.11 Å². The highest BCUT2D eigenvalue weighted by Crippen LogP contribution is 2.19. The molecule has 2 N–H and O–H groups in total. The summed E-state index contributed by atoms with van der Waals surface area (Å²) >= 11 is 0. The van der Waals surface area contributed by atoms with Crippen LogP contribution in [0, 0.1) is 0 Å². The maximum absolute atomic E-state index is 10.5. The van der Waals surface area contributed by atoms with Crippen molar-refractivity contribution in [3.8, 4) is 0 Å². The molecule has 0 spiro atoms. The fourth-order valence-corrected chi connectivity index (χ4v) is 1.81. The van der Waals surface area contributed by atoms with Crippen molar-refractivity contribution >= 4 is 12.3 Å². The molecule has 7 heteroatoms. The average molecular weight is 260 g/mol. The van der Waals surface area contributed by atoms with Crippen molar-refractivity contribution in [3.05, 3.63) is 12.2 Å². The summed E-state index contributed by atoms with van der Waals surface area (Å²) in [7, 11) is 1.51. The standard InChI is InChI=1S/C11H16O7/c1-16-8-4-2-7(17-10(12)13)3-5-9(6-8)18-11(14)15/h3,5,7-9H,2,4,6H2,1H3,(H,12,13)(H,14,15). The van der Waals surface area contributed by atoms with E-state index in [1.54, 1.807) is 0 Å². The van der Waals surface area contributed by atoms with E-state index < -0.39 is 24.5 Å². The Labute approximate surface area is 104 Å². The van der Waals surface area contributed by atoms with E-state index in [9.17, 15) is 9.59 Å². The van der Waals surface area contributed by atoms with Gasteiger partial charge in [-0.05, 0) is 25.0 Å². The lowest BCUT2D eigenvalue weighted by Crippen LogP contribution is -2.27. The van der Waals surface area contributed by atoms with Crippen LogP contribution in [0.15, 0.2) is 12.2 Å². The van der Waals surface area contributed by atoms with Gasteiger partial charge in [0.15, 0.2) is 0 Å². The second-order valence-electron chi connectivity index (χ2n) is 3.90. The van der Waals surface area contributed by atoms with Crippen LogP contribution in [0.4, 0.5) is 9.59 Å². The van der Waals surface area contributed by atoms with Crippen molar-refractivity contribution < 1.29 is 34.0 Å². The summed E-state index contributed by atoms with van der Waals surface area (Å²) in [4.78, 5) is 21.0. The van der Waals surface area contributed by atoms with Gasteiger partial charge in [-0.1, -0.05) is 0 Å². The normalized spacial score (nSPS) is 27.9. The molecular formula is C11H16O7. The predicted molar refractivity (Wildman–Crippen MR) is 59.6 cm³/mol. The van der Waals surface area contributed by atoms with E-state index in [0.29, 0.717) is 19.3 Å². The van der Waals surface area contributed by atoms with Crippen LogP contribution in [-0.2, 0) is 14.2 Å². The maximum Gasteiger partial charge on any atom is 0.506 e. The van der Waals surface area contributed by atoms with Gasteiger partial charge in [0, 0.05) is 13.5 Å². The zero-order valence-corrected chi connectivity index (χ0v) is 9.94. The van der Waals surface area contributed by atoms with Crippen LogP contribution in [-0.4, -0.2) is 47.9 Å². The number of hydrogen-bond acceptors (Lipinski definition) is 5. The summed E-state index contributed by atoms with van der Waals surface area (Å²) in [5.41, 5.74) is 0. The first-order valence-corrected chi connectivity index (χ1v) is 5.51. The van der Waals surface area contributed by atoms with E-state index >= 15 is 0 Å². The Morgan fingerprint density at radius 2 is 1.61 bits per heavy atom. The predicted octanol–water partition coefficient (Wildman–Crippen LogP) is 1.87. The van der Waals surface area contributed by atoms with E-state index in [1.165, 1.54) is 19.3 Å². The summed E-state index contributed by atoms with van der Waals surface area (Å²) in [5.74, 6) is 0. The van der Waals surface area contributed by atoms with E-state index in [4.69, 9.17) is 14.9 Å². The summed E-state index contributed by atoms with van der Waals surface area (Å²) in [6.45, 7) is 0. The molecule has 0 aromatic heterocycles. The number of rotatable bonds is 3. The molecule has 1 aliphatic rings. The highest BCUT2D eigenvalue weighted by molar-refractivity contribution is 5.58. The van der Waals surface area contributed by atoms with Crippen LogP contribution in [0.3, 0.4) is 0 Å². The highest BCUT2D eigenvalue weighted by atomic mass is 16.7. The van der Waals surface area contributed by atoms with Gasteiger partial charge in [-0.25, -0.2) is 9.59 Å². The summed E-state index contributed by atoms with van der Waals surface area (Å²) in [5, 5.41) is 17.1. The van der Waals surface area contributed by atoms with Crippen LogP contribution in [0.25, 0.3) is 0 Å². The Morgan fingerprint density at radius 3 is 2.17 bits per heavy atom. The first-order chi connectivity index (χ1) is 8.51. The molecule has 0 bridgehead atoms. The third-order valence-corrected chi connectivity index (χ3v) is 2.65. The Kier molecular flexibility index (Phi) is 5.44. The molecule has 0 aromatic carbocycles. The Balaban J connectivity index is 2.70. The smallest absolute Gasteiger partial charge is 0.450 e. The molecule has 18 heavy (non-hydrogen) atoms. The van der Waals surface area contributed by atoms with Crippen LogP contribution < -0.4 is 0 Å². The van der Waals surface area contributed by atoms with Crippen molar-refractivity contribution in [2.24, 2.45) is 0 Å². The van der Waals surface area contributed by atoms with Gasteiger partial charge in [0.1, 0.15) is 12.2 Å². The first kappa shape index (κ1) is 14.3. The SMILES string of the molecule is COC1CCC(OC(=O)O)C=CC(OC(=O)O)C1. The van der Waals surface area contributed by atoms with E-state index in [-0.39, 0.29) is 6.10 Å². The molecule has 1 aliphatic carbocycles. The van der Waals surface area contributed by atoms with Gasteiger partial charge in [0.2, 0.25) is 0 Å². The zero-order valence-electron chi connectivity index (χ0n) is 9.94. The molecular weight excluding hydrogens is 244 g/mol. The van der Waals surface area contributed by atoms with Gasteiger partial charge in [0.25, 0.3) is 0 Å². The molecule has 0 radical (unpaired) electrons. The molecule has 0 aromatic rings. The number of carboxylic acid groups (broad SMARTS) is 2. The van der Waals surface area contributed by atoms with Crippen molar-refractivity contribution in [1.82, 2.24) is 0 Å². The minimum absolute atomic E-state index is 0.195. The van der Waals surface area contributed by atoms with Gasteiger partial charge in [-0.15, -0.1) is 0 Å². The van der Waals surface area contributed by atoms with E-state index in [0.717, 1.165) is 0 Å². The van der Waals surface area contributed by atoms with Gasteiger partial charge in [-0.3, -0.25) is 0 Å². The summed E-state index contributed by atoms with van der Waals surface area (Å²) < 4.78 is 14.5. The van der Waals surface area contributed by atoms with Gasteiger partial charge in [-0.2, -0.15) is 0 Å². The fourth-order valence-electron chi connectivity index (χ4n) is 1.81. The molecule has 0 amide bonds. The lowest BCUT2D eigenvalue weighted by molar-refractivity contribution is 0.0106. The number of carbonyl (C=O) groups is 2. The van der Waals surface area contributed by atoms with Crippen LogP contribution in [0.5, 0.6) is 0 Å². The molecule has 0 heterocycles. The molecule has 0 fully saturated rings. The topological polar surface area (TPSA) is 102 Å². The second kappa shape index (κ2) is 6.85. The zero-order chi connectivity index (χ0) is 13.5. The third kappa shape index (κ3) is 5.05. The Morgan fingerprint density at radius 1 is 1.06 bits per heavy atom. The monoisotopic (exact) mass is 260 g/mol.